The number of nitrogens with zero attached hydrogens (tertiary/aromatic N) is 2. The van der Waals surface area contributed by atoms with Gasteiger partial charge in [0.25, 0.3) is 0 Å². The normalized spacial score (nSPS) is 18.9. The topological polar surface area (TPSA) is 23.6 Å². The standard InChI is InChI=1S/C27H28N2O/c30-27(18-21-10-12-24(13-11-21)22-6-2-1-3-7-22)29-17-15-26(20-29)28-16-14-23-8-4-5-9-25(23)19-28/h1-13,26H,14-20H2. The molecular weight excluding hydrogens is 368 g/mol. The van der Waals surface area contributed by atoms with Gasteiger partial charge in [0, 0.05) is 32.2 Å². The second-order valence-electron chi connectivity index (χ2n) is 8.51. The van der Waals surface area contributed by atoms with Gasteiger partial charge in [-0.25, -0.2) is 0 Å². The SMILES string of the molecule is O=C(Cc1ccc(-c2ccccc2)cc1)N1CCC(N2CCc3ccccc3C2)C1. The van der Waals surface area contributed by atoms with Crippen molar-refractivity contribution >= 4 is 5.91 Å². The maximum absolute atomic E-state index is 12.9. The van der Waals surface area contributed by atoms with Crippen molar-refractivity contribution < 1.29 is 4.79 Å². The van der Waals surface area contributed by atoms with Crippen LogP contribution in [0.2, 0.25) is 0 Å². The quantitative estimate of drug-likeness (QED) is 0.646. The van der Waals surface area contributed by atoms with E-state index >= 15 is 0 Å². The second kappa shape index (κ2) is 8.45. The maximum atomic E-state index is 12.9. The Morgan fingerprint density at radius 3 is 2.30 bits per heavy atom. The molecule has 2 heterocycles. The maximum Gasteiger partial charge on any atom is 0.227 e. The van der Waals surface area contributed by atoms with Crippen LogP contribution in [0.4, 0.5) is 0 Å². The van der Waals surface area contributed by atoms with E-state index in [1.165, 1.54) is 22.3 Å². The molecule has 1 saturated heterocycles. The molecule has 3 heteroatoms. The first-order valence-corrected chi connectivity index (χ1v) is 11.0. The third-order valence-electron chi connectivity index (χ3n) is 6.61. The third-order valence-corrected chi connectivity index (χ3v) is 6.61. The van der Waals surface area contributed by atoms with Crippen LogP contribution in [0.1, 0.15) is 23.1 Å². The molecule has 152 valence electrons. The summed E-state index contributed by atoms with van der Waals surface area (Å²) in [5.41, 5.74) is 6.43. The van der Waals surface area contributed by atoms with Crippen LogP contribution < -0.4 is 0 Å². The van der Waals surface area contributed by atoms with Crippen molar-refractivity contribution in [2.24, 2.45) is 0 Å². The lowest BCUT2D eigenvalue weighted by Crippen LogP contribution is -2.41. The van der Waals surface area contributed by atoms with E-state index in [2.05, 4.69) is 82.6 Å². The highest BCUT2D eigenvalue weighted by Crippen LogP contribution is 2.25. The zero-order chi connectivity index (χ0) is 20.3. The lowest BCUT2D eigenvalue weighted by molar-refractivity contribution is -0.129. The molecule has 3 nitrogen and oxygen atoms in total. The van der Waals surface area contributed by atoms with Gasteiger partial charge in [-0.3, -0.25) is 9.69 Å². The Kier molecular flexibility index (Phi) is 5.37. The third kappa shape index (κ3) is 4.03. The summed E-state index contributed by atoms with van der Waals surface area (Å²) in [4.78, 5) is 17.5. The monoisotopic (exact) mass is 396 g/mol. The van der Waals surface area contributed by atoms with Crippen molar-refractivity contribution in [2.45, 2.75) is 31.8 Å². The van der Waals surface area contributed by atoms with Gasteiger partial charge < -0.3 is 4.90 Å². The lowest BCUT2D eigenvalue weighted by Gasteiger charge is -2.33. The van der Waals surface area contributed by atoms with Crippen molar-refractivity contribution in [3.63, 3.8) is 0 Å². The minimum atomic E-state index is 0.252. The number of hydrogen-bond acceptors (Lipinski definition) is 2. The summed E-state index contributed by atoms with van der Waals surface area (Å²) in [6.45, 7) is 3.86. The summed E-state index contributed by atoms with van der Waals surface area (Å²) in [6.07, 6.45) is 2.69. The van der Waals surface area contributed by atoms with Gasteiger partial charge >= 0.3 is 0 Å². The molecule has 0 bridgehead atoms. The Balaban J connectivity index is 1.18. The minimum absolute atomic E-state index is 0.252. The van der Waals surface area contributed by atoms with E-state index in [1.807, 2.05) is 6.07 Å². The molecule has 2 aliphatic rings. The Hall–Kier alpha value is -2.91. The van der Waals surface area contributed by atoms with E-state index < -0.39 is 0 Å². The van der Waals surface area contributed by atoms with E-state index in [1.54, 1.807) is 0 Å². The first-order valence-electron chi connectivity index (χ1n) is 11.0. The Morgan fingerprint density at radius 1 is 0.800 bits per heavy atom. The molecule has 0 N–H and O–H groups in total. The summed E-state index contributed by atoms with van der Waals surface area (Å²) < 4.78 is 0. The summed E-state index contributed by atoms with van der Waals surface area (Å²) >= 11 is 0. The van der Waals surface area contributed by atoms with Gasteiger partial charge in [0.15, 0.2) is 0 Å². The van der Waals surface area contributed by atoms with Crippen molar-refractivity contribution in [2.75, 3.05) is 19.6 Å². The first kappa shape index (κ1) is 19.1. The smallest absolute Gasteiger partial charge is 0.227 e. The van der Waals surface area contributed by atoms with Gasteiger partial charge in [0.05, 0.1) is 6.42 Å². The highest BCUT2D eigenvalue weighted by atomic mass is 16.2. The molecule has 1 atom stereocenters. The number of rotatable bonds is 4. The summed E-state index contributed by atoms with van der Waals surface area (Å²) in [6, 6.07) is 28.1. The molecule has 30 heavy (non-hydrogen) atoms. The molecule has 1 fully saturated rings. The summed E-state index contributed by atoms with van der Waals surface area (Å²) in [7, 11) is 0. The van der Waals surface area contributed by atoms with Gasteiger partial charge in [-0.15, -0.1) is 0 Å². The number of hydrogen-bond donors (Lipinski definition) is 0. The summed E-state index contributed by atoms with van der Waals surface area (Å²) in [5, 5.41) is 0. The lowest BCUT2D eigenvalue weighted by atomic mass is 9.98. The molecule has 0 radical (unpaired) electrons. The highest BCUT2D eigenvalue weighted by molar-refractivity contribution is 5.79. The van der Waals surface area contributed by atoms with Gasteiger partial charge in [-0.05, 0) is 40.7 Å². The number of carbonyl (C=O) groups is 1. The van der Waals surface area contributed by atoms with Gasteiger partial charge in [0.2, 0.25) is 5.91 Å². The fourth-order valence-corrected chi connectivity index (χ4v) is 4.83. The fraction of sp³-hybridized carbons (Fsp3) is 0.296. The molecule has 3 aromatic carbocycles. The molecule has 3 aromatic rings. The van der Waals surface area contributed by atoms with E-state index in [0.717, 1.165) is 44.6 Å². The molecule has 2 aliphatic heterocycles. The Bertz CT molecular complexity index is 1010. The average molecular weight is 397 g/mol. The van der Waals surface area contributed by atoms with E-state index in [0.29, 0.717) is 12.5 Å². The predicted octanol–water partition coefficient (Wildman–Crippen LogP) is 4.56. The van der Waals surface area contributed by atoms with Crippen LogP contribution in [0.15, 0.2) is 78.9 Å². The number of carbonyl (C=O) groups excluding carboxylic acids is 1. The van der Waals surface area contributed by atoms with Crippen LogP contribution in [-0.4, -0.2) is 41.4 Å². The number of fused-ring (bicyclic) bond motifs is 1. The highest BCUT2D eigenvalue weighted by Gasteiger charge is 2.31. The van der Waals surface area contributed by atoms with E-state index in [-0.39, 0.29) is 5.91 Å². The second-order valence-corrected chi connectivity index (χ2v) is 8.51. The molecule has 5 rings (SSSR count). The largest absolute Gasteiger partial charge is 0.341 e. The van der Waals surface area contributed by atoms with Crippen LogP contribution in [0.5, 0.6) is 0 Å². The van der Waals surface area contributed by atoms with Crippen LogP contribution in [0.25, 0.3) is 11.1 Å². The van der Waals surface area contributed by atoms with E-state index in [4.69, 9.17) is 0 Å². The molecule has 0 aromatic heterocycles. The number of amides is 1. The van der Waals surface area contributed by atoms with Gasteiger partial charge in [-0.1, -0.05) is 78.9 Å². The van der Waals surface area contributed by atoms with Crippen LogP contribution in [-0.2, 0) is 24.2 Å². The molecular formula is C27H28N2O. The molecule has 1 amide bonds. The minimum Gasteiger partial charge on any atom is -0.341 e. The molecule has 0 aliphatic carbocycles. The van der Waals surface area contributed by atoms with Crippen LogP contribution >= 0.6 is 0 Å². The van der Waals surface area contributed by atoms with Crippen molar-refractivity contribution in [3.8, 4) is 11.1 Å². The van der Waals surface area contributed by atoms with Crippen molar-refractivity contribution in [1.82, 2.24) is 9.80 Å². The summed E-state index contributed by atoms with van der Waals surface area (Å²) in [5.74, 6) is 0.252. The van der Waals surface area contributed by atoms with Crippen LogP contribution in [0, 0.1) is 0 Å². The molecule has 1 unspecified atom stereocenters. The van der Waals surface area contributed by atoms with Crippen molar-refractivity contribution in [1.29, 1.82) is 0 Å². The van der Waals surface area contributed by atoms with Crippen LogP contribution in [0.3, 0.4) is 0 Å². The Labute approximate surface area is 178 Å². The fourth-order valence-electron chi connectivity index (χ4n) is 4.83. The number of likely N-dealkylation sites (tertiary alicyclic amines) is 1. The molecule has 0 saturated carbocycles. The molecule has 0 spiro atoms. The average Bonchev–Trinajstić information content (AvgIpc) is 3.30. The first-order chi connectivity index (χ1) is 14.8. The predicted molar refractivity (Wildman–Crippen MR) is 121 cm³/mol. The van der Waals surface area contributed by atoms with Gasteiger partial charge in [-0.2, -0.15) is 0 Å². The Morgan fingerprint density at radius 2 is 1.50 bits per heavy atom. The van der Waals surface area contributed by atoms with Gasteiger partial charge in [0.1, 0.15) is 0 Å². The van der Waals surface area contributed by atoms with E-state index in [9.17, 15) is 4.79 Å². The zero-order valence-electron chi connectivity index (χ0n) is 17.3. The number of benzene rings is 3. The van der Waals surface area contributed by atoms with Crippen molar-refractivity contribution in [3.05, 3.63) is 95.6 Å². The zero-order valence-corrected chi connectivity index (χ0v) is 17.3.